The fourth-order valence-corrected chi connectivity index (χ4v) is 2.45. The van der Waals surface area contributed by atoms with Crippen molar-refractivity contribution in [2.45, 2.75) is 38.6 Å². The van der Waals surface area contributed by atoms with E-state index in [-0.39, 0.29) is 12.1 Å². The number of hydrogen-bond acceptors (Lipinski definition) is 2. The topological polar surface area (TPSA) is 32.3 Å². The highest BCUT2D eigenvalue weighted by molar-refractivity contribution is 7.98. The first-order valence-corrected chi connectivity index (χ1v) is 7.18. The van der Waals surface area contributed by atoms with Gasteiger partial charge in [0, 0.05) is 24.9 Å². The van der Waals surface area contributed by atoms with Crippen LogP contribution >= 0.6 is 11.8 Å². The number of carbonyl (C=O) groups is 1. The Morgan fingerprint density at radius 2 is 1.93 bits per heavy atom. The van der Waals surface area contributed by atoms with E-state index in [0.717, 1.165) is 31.7 Å². The monoisotopic (exact) mass is 230 g/mol. The minimum atomic E-state index is 0.124. The lowest BCUT2D eigenvalue weighted by molar-refractivity contribution is 0.197. The number of hydrogen-bond donors (Lipinski definition) is 1. The van der Waals surface area contributed by atoms with Crippen molar-refractivity contribution >= 4 is 17.8 Å². The Bertz CT molecular complexity index is 191. The molecule has 1 N–H and O–H groups in total. The Kier molecular flexibility index (Phi) is 5.91. The third kappa shape index (κ3) is 4.78. The first-order valence-electron chi connectivity index (χ1n) is 5.78. The van der Waals surface area contributed by atoms with Crippen molar-refractivity contribution in [3.8, 4) is 0 Å². The molecule has 1 heterocycles. The van der Waals surface area contributed by atoms with Crippen molar-refractivity contribution in [2.75, 3.05) is 25.1 Å². The highest BCUT2D eigenvalue weighted by atomic mass is 32.2. The summed E-state index contributed by atoms with van der Waals surface area (Å²) in [6.07, 6.45) is 6.91. The van der Waals surface area contributed by atoms with E-state index < -0.39 is 0 Å². The van der Waals surface area contributed by atoms with Gasteiger partial charge in [-0.25, -0.2) is 4.79 Å². The predicted molar refractivity (Wildman–Crippen MR) is 66.4 cm³/mol. The lowest BCUT2D eigenvalue weighted by Crippen LogP contribution is -2.45. The molecule has 0 bridgehead atoms. The Morgan fingerprint density at radius 3 is 2.47 bits per heavy atom. The third-order valence-corrected chi connectivity index (χ3v) is 3.51. The van der Waals surface area contributed by atoms with Gasteiger partial charge in [-0.05, 0) is 26.0 Å². The van der Waals surface area contributed by atoms with Gasteiger partial charge < -0.3 is 10.2 Å². The van der Waals surface area contributed by atoms with Crippen LogP contribution in [0.5, 0.6) is 0 Å². The fraction of sp³-hybridized carbons (Fsp3) is 0.909. The summed E-state index contributed by atoms with van der Waals surface area (Å²) >= 11 is 1.77. The summed E-state index contributed by atoms with van der Waals surface area (Å²) in [6.45, 7) is 3.92. The minimum Gasteiger partial charge on any atom is -0.335 e. The van der Waals surface area contributed by atoms with Crippen LogP contribution in [0.4, 0.5) is 4.79 Å². The van der Waals surface area contributed by atoms with E-state index in [1.807, 2.05) is 4.90 Å². The number of likely N-dealkylation sites (tertiary alicyclic amines) is 1. The minimum absolute atomic E-state index is 0.124. The highest BCUT2D eigenvalue weighted by Gasteiger charge is 2.16. The standard InChI is InChI=1S/C11H22N2OS/c1-10(9-15-2)12-11(14)13-7-5-3-4-6-8-13/h10H,3-9H2,1-2H3,(H,12,14). The Morgan fingerprint density at radius 1 is 1.33 bits per heavy atom. The number of amides is 2. The number of carbonyl (C=O) groups excluding carboxylic acids is 1. The van der Waals surface area contributed by atoms with E-state index >= 15 is 0 Å². The van der Waals surface area contributed by atoms with E-state index in [1.54, 1.807) is 11.8 Å². The third-order valence-electron chi connectivity index (χ3n) is 2.68. The molecule has 1 rings (SSSR count). The quantitative estimate of drug-likeness (QED) is 0.807. The summed E-state index contributed by atoms with van der Waals surface area (Å²) in [4.78, 5) is 13.8. The second kappa shape index (κ2) is 6.99. The van der Waals surface area contributed by atoms with Gasteiger partial charge in [0.2, 0.25) is 0 Å². The van der Waals surface area contributed by atoms with Crippen LogP contribution in [-0.2, 0) is 0 Å². The summed E-state index contributed by atoms with van der Waals surface area (Å²) in [7, 11) is 0. The molecule has 2 amide bonds. The smallest absolute Gasteiger partial charge is 0.317 e. The van der Waals surface area contributed by atoms with Gasteiger partial charge in [-0.3, -0.25) is 0 Å². The molecule has 0 spiro atoms. The molecule has 1 aliphatic rings. The van der Waals surface area contributed by atoms with E-state index in [1.165, 1.54) is 12.8 Å². The van der Waals surface area contributed by atoms with Gasteiger partial charge in [-0.15, -0.1) is 0 Å². The number of nitrogens with one attached hydrogen (secondary N) is 1. The summed E-state index contributed by atoms with van der Waals surface area (Å²) < 4.78 is 0. The zero-order valence-corrected chi connectivity index (χ0v) is 10.6. The molecule has 1 fully saturated rings. The SMILES string of the molecule is CSCC(C)NC(=O)N1CCCCCC1. The van der Waals surface area contributed by atoms with Gasteiger partial charge in [0.05, 0.1) is 0 Å². The van der Waals surface area contributed by atoms with Crippen LogP contribution in [0.3, 0.4) is 0 Å². The number of thioether (sulfide) groups is 1. The molecular formula is C11H22N2OS. The number of urea groups is 1. The molecule has 0 radical (unpaired) electrons. The van der Waals surface area contributed by atoms with Gasteiger partial charge in [0.15, 0.2) is 0 Å². The Labute approximate surface area is 97.0 Å². The molecule has 1 saturated heterocycles. The molecule has 0 saturated carbocycles. The number of rotatable bonds is 3. The van der Waals surface area contributed by atoms with Crippen molar-refractivity contribution in [2.24, 2.45) is 0 Å². The van der Waals surface area contributed by atoms with Crippen LogP contribution in [0.2, 0.25) is 0 Å². The van der Waals surface area contributed by atoms with Gasteiger partial charge >= 0.3 is 6.03 Å². The molecule has 88 valence electrons. The van der Waals surface area contributed by atoms with Gasteiger partial charge in [0.25, 0.3) is 0 Å². The first kappa shape index (κ1) is 12.7. The maximum absolute atomic E-state index is 11.8. The van der Waals surface area contributed by atoms with E-state index in [4.69, 9.17) is 0 Å². The van der Waals surface area contributed by atoms with E-state index in [9.17, 15) is 4.79 Å². The van der Waals surface area contributed by atoms with Crippen LogP contribution < -0.4 is 5.32 Å². The van der Waals surface area contributed by atoms with Crippen molar-refractivity contribution in [1.29, 1.82) is 0 Å². The van der Waals surface area contributed by atoms with Crippen LogP contribution in [-0.4, -0.2) is 42.1 Å². The van der Waals surface area contributed by atoms with E-state index in [0.29, 0.717) is 0 Å². The van der Waals surface area contributed by atoms with Gasteiger partial charge in [-0.2, -0.15) is 11.8 Å². The molecule has 4 heteroatoms. The molecule has 0 aromatic rings. The molecule has 15 heavy (non-hydrogen) atoms. The highest BCUT2D eigenvalue weighted by Crippen LogP contribution is 2.09. The maximum Gasteiger partial charge on any atom is 0.317 e. The molecule has 1 aliphatic heterocycles. The zero-order chi connectivity index (χ0) is 11.1. The van der Waals surface area contributed by atoms with Crippen LogP contribution in [0.1, 0.15) is 32.6 Å². The van der Waals surface area contributed by atoms with Gasteiger partial charge in [-0.1, -0.05) is 12.8 Å². The van der Waals surface area contributed by atoms with Crippen LogP contribution in [0, 0.1) is 0 Å². The summed E-state index contributed by atoms with van der Waals surface area (Å²) in [5, 5.41) is 3.04. The van der Waals surface area contributed by atoms with Crippen molar-refractivity contribution in [3.05, 3.63) is 0 Å². The lowest BCUT2D eigenvalue weighted by Gasteiger charge is -2.23. The Balaban J connectivity index is 2.30. The van der Waals surface area contributed by atoms with Crippen molar-refractivity contribution in [1.82, 2.24) is 10.2 Å². The molecule has 0 aromatic carbocycles. The molecule has 3 nitrogen and oxygen atoms in total. The molecule has 1 atom stereocenters. The van der Waals surface area contributed by atoms with Crippen LogP contribution in [0.15, 0.2) is 0 Å². The van der Waals surface area contributed by atoms with E-state index in [2.05, 4.69) is 18.5 Å². The lowest BCUT2D eigenvalue weighted by atomic mass is 10.2. The van der Waals surface area contributed by atoms with Crippen LogP contribution in [0.25, 0.3) is 0 Å². The average molecular weight is 230 g/mol. The zero-order valence-electron chi connectivity index (χ0n) is 9.79. The second-order valence-corrected chi connectivity index (χ2v) is 5.12. The van der Waals surface area contributed by atoms with Crippen molar-refractivity contribution < 1.29 is 4.79 Å². The molecule has 0 aliphatic carbocycles. The number of nitrogens with zero attached hydrogens (tertiary/aromatic N) is 1. The molecule has 1 unspecified atom stereocenters. The average Bonchev–Trinajstić information content (AvgIpc) is 2.45. The predicted octanol–water partition coefficient (Wildman–Crippen LogP) is 2.32. The molecule has 0 aromatic heterocycles. The largest absolute Gasteiger partial charge is 0.335 e. The summed E-state index contributed by atoms with van der Waals surface area (Å²) in [6, 6.07) is 0.397. The van der Waals surface area contributed by atoms with Crippen molar-refractivity contribution in [3.63, 3.8) is 0 Å². The normalized spacial score (nSPS) is 19.5. The fourth-order valence-electron chi connectivity index (χ4n) is 1.87. The first-order chi connectivity index (χ1) is 7.24. The summed E-state index contributed by atoms with van der Waals surface area (Å²) in [5.41, 5.74) is 0. The second-order valence-electron chi connectivity index (χ2n) is 4.21. The Hall–Kier alpha value is -0.380. The van der Waals surface area contributed by atoms with Gasteiger partial charge in [0.1, 0.15) is 0 Å². The summed E-state index contributed by atoms with van der Waals surface area (Å²) in [5.74, 6) is 0.986. The maximum atomic E-state index is 11.8. The molecular weight excluding hydrogens is 208 g/mol.